The molecule has 0 aliphatic carbocycles. The monoisotopic (exact) mass is 273 g/mol. The van der Waals surface area contributed by atoms with Gasteiger partial charge < -0.3 is 15.2 Å². The van der Waals surface area contributed by atoms with Crippen molar-refractivity contribution >= 4 is 17.9 Å². The first-order valence-electron chi connectivity index (χ1n) is 6.08. The third-order valence-corrected chi connectivity index (χ3v) is 2.76. The minimum Gasteiger partial charge on any atom is -0.481 e. The normalized spacial score (nSPS) is 19.7. The van der Waals surface area contributed by atoms with Gasteiger partial charge in [0.15, 0.2) is 0 Å². The number of carboxylic acid groups (broad SMARTS) is 1. The number of rotatable bonds is 5. The molecule has 1 rings (SSSR count). The predicted molar refractivity (Wildman–Crippen MR) is 65.6 cm³/mol. The van der Waals surface area contributed by atoms with Gasteiger partial charge in [0.2, 0.25) is 5.91 Å². The third kappa shape index (κ3) is 6.16. The summed E-state index contributed by atoms with van der Waals surface area (Å²) in [6.07, 6.45) is -0.193. The average molecular weight is 273 g/mol. The van der Waals surface area contributed by atoms with Crippen molar-refractivity contribution in [1.29, 1.82) is 0 Å². The lowest BCUT2D eigenvalue weighted by atomic mass is 10.2. The van der Waals surface area contributed by atoms with E-state index in [4.69, 9.17) is 9.84 Å². The molecular weight excluding hydrogens is 254 g/mol. The highest BCUT2D eigenvalue weighted by molar-refractivity contribution is 5.94. The van der Waals surface area contributed by atoms with E-state index < -0.39 is 12.0 Å². The summed E-state index contributed by atoms with van der Waals surface area (Å²) in [4.78, 5) is 34.8. The fourth-order valence-electron chi connectivity index (χ4n) is 1.81. The Morgan fingerprint density at radius 3 is 2.79 bits per heavy atom. The number of urea groups is 1. The van der Waals surface area contributed by atoms with Crippen LogP contribution in [0.3, 0.4) is 0 Å². The Kier molecular flexibility index (Phi) is 6.23. The molecule has 1 aliphatic rings. The molecule has 0 saturated carbocycles. The van der Waals surface area contributed by atoms with E-state index in [1.807, 2.05) is 4.90 Å². The van der Waals surface area contributed by atoms with Crippen LogP contribution in [0.4, 0.5) is 4.79 Å². The zero-order chi connectivity index (χ0) is 14.3. The number of carbonyl (C=O) groups is 3. The summed E-state index contributed by atoms with van der Waals surface area (Å²) in [5.74, 6) is -1.26. The molecule has 19 heavy (non-hydrogen) atoms. The number of ether oxygens (including phenoxy) is 1. The fourth-order valence-corrected chi connectivity index (χ4v) is 1.81. The van der Waals surface area contributed by atoms with Gasteiger partial charge in [-0.05, 0) is 0 Å². The first-order chi connectivity index (χ1) is 9.01. The summed E-state index contributed by atoms with van der Waals surface area (Å²) in [6.45, 7) is 2.07. The molecule has 1 heterocycles. The Balaban J connectivity index is 2.27. The zero-order valence-corrected chi connectivity index (χ0v) is 10.8. The van der Waals surface area contributed by atoms with Gasteiger partial charge in [-0.25, -0.2) is 4.79 Å². The van der Waals surface area contributed by atoms with E-state index in [0.717, 1.165) is 0 Å². The molecule has 0 aromatic rings. The Morgan fingerprint density at radius 2 is 2.16 bits per heavy atom. The number of carboxylic acids is 1. The lowest BCUT2D eigenvalue weighted by Gasteiger charge is -2.31. The molecule has 1 atom stereocenters. The highest BCUT2D eigenvalue weighted by Crippen LogP contribution is 2.09. The lowest BCUT2D eigenvalue weighted by molar-refractivity contribution is -0.142. The van der Waals surface area contributed by atoms with E-state index in [1.165, 1.54) is 7.05 Å². The molecule has 3 N–H and O–H groups in total. The largest absolute Gasteiger partial charge is 0.481 e. The van der Waals surface area contributed by atoms with E-state index in [1.54, 1.807) is 0 Å². The number of carbonyl (C=O) groups excluding carboxylic acids is 2. The summed E-state index contributed by atoms with van der Waals surface area (Å²) in [6, 6.07) is -0.532. The van der Waals surface area contributed by atoms with Gasteiger partial charge in [-0.15, -0.1) is 0 Å². The maximum absolute atomic E-state index is 11.4. The van der Waals surface area contributed by atoms with Gasteiger partial charge in [0.1, 0.15) is 0 Å². The first-order valence-corrected chi connectivity index (χ1v) is 6.08. The minimum atomic E-state index is -0.899. The number of aliphatic carboxylic acids is 1. The second-order valence-corrected chi connectivity index (χ2v) is 4.27. The molecule has 3 amide bonds. The number of hydrogen-bond acceptors (Lipinski definition) is 5. The number of imide groups is 1. The molecule has 1 unspecified atom stereocenters. The summed E-state index contributed by atoms with van der Waals surface area (Å²) in [7, 11) is 1.43. The molecule has 0 radical (unpaired) electrons. The maximum atomic E-state index is 11.4. The molecule has 1 fully saturated rings. The average Bonchev–Trinajstić information content (AvgIpc) is 2.36. The van der Waals surface area contributed by atoms with Crippen LogP contribution in [0.1, 0.15) is 12.8 Å². The molecule has 8 nitrogen and oxygen atoms in total. The summed E-state index contributed by atoms with van der Waals surface area (Å²) >= 11 is 0. The van der Waals surface area contributed by atoms with Crippen molar-refractivity contribution in [2.24, 2.45) is 0 Å². The molecule has 1 aliphatic heterocycles. The van der Waals surface area contributed by atoms with Gasteiger partial charge >= 0.3 is 12.0 Å². The quantitative estimate of drug-likeness (QED) is 0.593. The van der Waals surface area contributed by atoms with Crippen LogP contribution in [0.25, 0.3) is 0 Å². The second-order valence-electron chi connectivity index (χ2n) is 4.27. The molecule has 0 aromatic carbocycles. The number of nitrogens with one attached hydrogen (secondary N) is 2. The maximum Gasteiger partial charge on any atom is 0.321 e. The van der Waals surface area contributed by atoms with Crippen molar-refractivity contribution < 1.29 is 24.2 Å². The van der Waals surface area contributed by atoms with Gasteiger partial charge in [0, 0.05) is 33.1 Å². The Labute approximate surface area is 111 Å². The Bertz CT molecular complexity index is 347. The van der Waals surface area contributed by atoms with Crippen LogP contribution in [-0.4, -0.2) is 67.3 Å². The van der Waals surface area contributed by atoms with Crippen LogP contribution >= 0.6 is 0 Å². The van der Waals surface area contributed by atoms with Gasteiger partial charge in [-0.1, -0.05) is 0 Å². The highest BCUT2D eigenvalue weighted by Gasteiger charge is 2.23. The number of hydrogen-bond donors (Lipinski definition) is 3. The lowest BCUT2D eigenvalue weighted by Crippen LogP contribution is -2.45. The molecule has 1 saturated heterocycles. The Hall–Kier alpha value is -1.67. The SMILES string of the molecule is CNC(=O)NC(=O)CCN1CCOC(CC(=O)O)C1. The summed E-state index contributed by atoms with van der Waals surface area (Å²) < 4.78 is 5.32. The van der Waals surface area contributed by atoms with Crippen molar-refractivity contribution in [3.05, 3.63) is 0 Å². The highest BCUT2D eigenvalue weighted by atomic mass is 16.5. The summed E-state index contributed by atoms with van der Waals surface area (Å²) in [5.41, 5.74) is 0. The van der Waals surface area contributed by atoms with Gasteiger partial charge in [-0.3, -0.25) is 19.8 Å². The predicted octanol–water partition coefficient (Wildman–Crippen LogP) is -0.992. The molecule has 0 bridgehead atoms. The van der Waals surface area contributed by atoms with E-state index in [9.17, 15) is 14.4 Å². The number of amides is 3. The first kappa shape index (κ1) is 15.4. The van der Waals surface area contributed by atoms with Crippen LogP contribution in [0, 0.1) is 0 Å². The van der Waals surface area contributed by atoms with E-state index >= 15 is 0 Å². The van der Waals surface area contributed by atoms with Crippen molar-refractivity contribution in [1.82, 2.24) is 15.5 Å². The van der Waals surface area contributed by atoms with Gasteiger partial charge in [-0.2, -0.15) is 0 Å². The van der Waals surface area contributed by atoms with Crippen LogP contribution in [0.5, 0.6) is 0 Å². The molecule has 108 valence electrons. The topological polar surface area (TPSA) is 108 Å². The number of morpholine rings is 1. The zero-order valence-electron chi connectivity index (χ0n) is 10.8. The van der Waals surface area contributed by atoms with E-state index in [-0.39, 0.29) is 24.9 Å². The van der Waals surface area contributed by atoms with Crippen molar-refractivity contribution in [2.45, 2.75) is 18.9 Å². The second kappa shape index (κ2) is 7.70. The smallest absolute Gasteiger partial charge is 0.321 e. The molecule has 0 aromatic heterocycles. The van der Waals surface area contributed by atoms with Crippen LogP contribution in [-0.2, 0) is 14.3 Å². The minimum absolute atomic E-state index is 0.0407. The molecule has 8 heteroatoms. The standard InChI is InChI=1S/C11H19N3O5/c1-12-11(18)13-9(15)2-3-14-4-5-19-8(7-14)6-10(16)17/h8H,2-7H2,1H3,(H,16,17)(H2,12,13,15,18). The molecule has 0 spiro atoms. The van der Waals surface area contributed by atoms with E-state index in [0.29, 0.717) is 26.2 Å². The van der Waals surface area contributed by atoms with Crippen molar-refractivity contribution in [3.63, 3.8) is 0 Å². The van der Waals surface area contributed by atoms with Gasteiger partial charge in [0.25, 0.3) is 0 Å². The van der Waals surface area contributed by atoms with E-state index in [2.05, 4.69) is 10.6 Å². The summed E-state index contributed by atoms with van der Waals surface area (Å²) in [5, 5.41) is 13.2. The Morgan fingerprint density at radius 1 is 1.42 bits per heavy atom. The van der Waals surface area contributed by atoms with Crippen LogP contribution in [0.15, 0.2) is 0 Å². The molecular formula is C11H19N3O5. The van der Waals surface area contributed by atoms with Crippen LogP contribution < -0.4 is 10.6 Å². The van der Waals surface area contributed by atoms with Gasteiger partial charge in [0.05, 0.1) is 19.1 Å². The van der Waals surface area contributed by atoms with Crippen LogP contribution in [0.2, 0.25) is 0 Å². The van der Waals surface area contributed by atoms with Crippen molar-refractivity contribution in [3.8, 4) is 0 Å². The number of nitrogens with zero attached hydrogens (tertiary/aromatic N) is 1. The van der Waals surface area contributed by atoms with Crippen molar-refractivity contribution in [2.75, 3.05) is 33.3 Å². The third-order valence-electron chi connectivity index (χ3n) is 2.76. The fraction of sp³-hybridized carbons (Fsp3) is 0.727.